The summed E-state index contributed by atoms with van der Waals surface area (Å²) in [5.74, 6) is -3.46. The monoisotopic (exact) mass is 499 g/mol. The number of aromatic hydroxyl groups is 1. The zero-order chi connectivity index (χ0) is 26.6. The van der Waals surface area contributed by atoms with Gasteiger partial charge in [-0.2, -0.15) is 0 Å². The average molecular weight is 500 g/mol. The number of likely N-dealkylation sites (N-methyl/N-ethyl adjacent to an activating group) is 1. The Balaban J connectivity index is 1.74. The summed E-state index contributed by atoms with van der Waals surface area (Å²) in [5, 5.41) is 16.0. The molecule has 0 spiro atoms. The van der Waals surface area contributed by atoms with Crippen molar-refractivity contribution in [3.63, 3.8) is 0 Å². The second kappa shape index (κ2) is 8.72. The third kappa shape index (κ3) is 3.92. The summed E-state index contributed by atoms with van der Waals surface area (Å²) >= 11 is 0. The van der Waals surface area contributed by atoms with Crippen LogP contribution >= 0.6 is 0 Å². The van der Waals surface area contributed by atoms with Crippen molar-refractivity contribution in [2.45, 2.75) is 46.3 Å². The number of benzene rings is 1. The Hall–Kier alpha value is -3.76. The molecular formula is C25H30FN5O5. The fraction of sp³-hybridized carbons (Fsp3) is 0.480. The van der Waals surface area contributed by atoms with Gasteiger partial charge in [-0.05, 0) is 35.4 Å². The second-order valence-electron chi connectivity index (χ2n) is 10.5. The number of aromatic nitrogens is 2. The Kier molecular flexibility index (Phi) is 6.14. The molecule has 36 heavy (non-hydrogen) atoms. The second-order valence-corrected chi connectivity index (χ2v) is 10.5. The van der Waals surface area contributed by atoms with Crippen LogP contribution in [0.1, 0.15) is 55.1 Å². The molecule has 3 heterocycles. The molecule has 3 N–H and O–H groups in total. The Morgan fingerprint density at radius 3 is 2.42 bits per heavy atom. The quantitative estimate of drug-likeness (QED) is 0.544. The molecule has 1 aromatic carbocycles. The van der Waals surface area contributed by atoms with Crippen LogP contribution in [-0.2, 0) is 22.7 Å². The van der Waals surface area contributed by atoms with Crippen LogP contribution in [0.15, 0.2) is 29.1 Å². The number of nitrogens with one attached hydrogen (secondary N) is 2. The van der Waals surface area contributed by atoms with Gasteiger partial charge in [0.05, 0.1) is 6.04 Å². The topological polar surface area (TPSA) is 134 Å². The van der Waals surface area contributed by atoms with Crippen LogP contribution in [-0.4, -0.2) is 51.4 Å². The van der Waals surface area contributed by atoms with E-state index in [-0.39, 0.29) is 30.2 Å². The van der Waals surface area contributed by atoms with E-state index in [4.69, 9.17) is 0 Å². The van der Waals surface area contributed by atoms with Gasteiger partial charge >= 0.3 is 11.8 Å². The first-order chi connectivity index (χ1) is 16.8. The van der Waals surface area contributed by atoms with Crippen molar-refractivity contribution in [1.29, 1.82) is 0 Å². The van der Waals surface area contributed by atoms with Gasteiger partial charge in [0.2, 0.25) is 5.75 Å². The van der Waals surface area contributed by atoms with Crippen molar-refractivity contribution in [3.8, 4) is 5.75 Å². The highest BCUT2D eigenvalue weighted by atomic mass is 19.1. The Morgan fingerprint density at radius 1 is 1.19 bits per heavy atom. The maximum Gasteiger partial charge on any atom is 0.311 e. The van der Waals surface area contributed by atoms with Crippen molar-refractivity contribution in [2.75, 3.05) is 14.1 Å². The van der Waals surface area contributed by atoms with Crippen LogP contribution in [0.5, 0.6) is 5.75 Å². The van der Waals surface area contributed by atoms with Gasteiger partial charge in [-0.15, -0.1) is 0 Å². The van der Waals surface area contributed by atoms with Crippen LogP contribution in [0.25, 0.3) is 0 Å². The summed E-state index contributed by atoms with van der Waals surface area (Å²) in [6.07, 6.45) is 0.650. The molecule has 11 heteroatoms. The van der Waals surface area contributed by atoms with Crippen LogP contribution in [0.4, 0.5) is 4.39 Å². The Labute approximate surface area is 207 Å². The lowest BCUT2D eigenvalue weighted by Crippen LogP contribution is -2.59. The molecule has 2 bridgehead atoms. The minimum Gasteiger partial charge on any atom is -0.501 e. The van der Waals surface area contributed by atoms with Gasteiger partial charge in [-0.3, -0.25) is 23.7 Å². The first-order valence-electron chi connectivity index (χ1n) is 11.7. The van der Waals surface area contributed by atoms with Crippen LogP contribution in [0, 0.1) is 22.6 Å². The van der Waals surface area contributed by atoms with E-state index >= 15 is 0 Å². The summed E-state index contributed by atoms with van der Waals surface area (Å²) in [7, 11) is 2.91. The number of amides is 3. The van der Waals surface area contributed by atoms with E-state index in [0.29, 0.717) is 12.0 Å². The maximum absolute atomic E-state index is 13.2. The number of carbonyl (C=O) groups excluding carboxylic acids is 3. The van der Waals surface area contributed by atoms with Crippen LogP contribution < -0.4 is 16.2 Å². The van der Waals surface area contributed by atoms with Crippen molar-refractivity contribution < 1.29 is 23.9 Å². The SMILES string of the molecule is CN(C)C(=O)C(=O)N[C@H]1c2nc(C(=O)NCc3ccc(F)cc3)c(O)c(=O)n2C[C@H]2C[C@]1(C)C2(C)C. The molecule has 1 aromatic heterocycles. The number of carbonyl (C=O) groups is 3. The normalized spacial score (nSPS) is 23.5. The minimum atomic E-state index is -0.861. The van der Waals surface area contributed by atoms with E-state index in [1.165, 1.54) is 42.9 Å². The predicted molar refractivity (Wildman–Crippen MR) is 127 cm³/mol. The molecule has 1 fully saturated rings. The smallest absolute Gasteiger partial charge is 0.311 e. The van der Waals surface area contributed by atoms with Gasteiger partial charge in [0.15, 0.2) is 5.69 Å². The number of hydrogen-bond acceptors (Lipinski definition) is 6. The van der Waals surface area contributed by atoms with Crippen molar-refractivity contribution in [3.05, 3.63) is 57.5 Å². The molecule has 3 atom stereocenters. The lowest BCUT2D eigenvalue weighted by molar-refractivity contribution is -0.151. The maximum atomic E-state index is 13.2. The number of hydrogen-bond donors (Lipinski definition) is 3. The van der Waals surface area contributed by atoms with E-state index < -0.39 is 52.0 Å². The van der Waals surface area contributed by atoms with E-state index in [0.717, 1.165) is 4.90 Å². The van der Waals surface area contributed by atoms with Crippen molar-refractivity contribution in [1.82, 2.24) is 25.1 Å². The van der Waals surface area contributed by atoms with Crippen LogP contribution in [0.2, 0.25) is 0 Å². The molecule has 2 aromatic rings. The van der Waals surface area contributed by atoms with Gasteiger partial charge in [0.1, 0.15) is 11.6 Å². The molecule has 5 rings (SSSR count). The lowest BCUT2D eigenvalue weighted by Gasteiger charge is -2.61. The fourth-order valence-corrected chi connectivity index (χ4v) is 5.26. The largest absolute Gasteiger partial charge is 0.501 e. The lowest BCUT2D eigenvalue weighted by atomic mass is 9.44. The zero-order valence-corrected chi connectivity index (χ0v) is 20.9. The number of rotatable bonds is 4. The van der Waals surface area contributed by atoms with Crippen molar-refractivity contribution in [2.24, 2.45) is 16.7 Å². The standard InChI is InChI=1S/C25H30FN5O5/c1-24(2)14-10-25(24,3)18(29-21(34)23(36)30(4)5)19-28-16(17(32)22(35)31(19)12-14)20(33)27-11-13-6-8-15(26)9-7-13/h6-9,14,18,32H,10-12H2,1-5H3,(H,27,33)(H,29,34)/t14-,18+,25+/m1/s1. The zero-order valence-electron chi connectivity index (χ0n) is 20.9. The van der Waals surface area contributed by atoms with Gasteiger partial charge in [-0.1, -0.05) is 32.9 Å². The average Bonchev–Trinajstić information content (AvgIpc) is 3.00. The Morgan fingerprint density at radius 2 is 1.83 bits per heavy atom. The molecular weight excluding hydrogens is 469 g/mol. The summed E-state index contributed by atoms with van der Waals surface area (Å²) in [6, 6.07) is 4.64. The highest BCUT2D eigenvalue weighted by Crippen LogP contribution is 2.67. The number of nitrogens with zero attached hydrogens (tertiary/aromatic N) is 3. The molecule has 0 radical (unpaired) electrons. The summed E-state index contributed by atoms with van der Waals surface area (Å²) < 4.78 is 14.5. The molecule has 1 saturated carbocycles. The van der Waals surface area contributed by atoms with E-state index in [1.807, 2.05) is 20.8 Å². The third-order valence-corrected chi connectivity index (χ3v) is 8.09. The van der Waals surface area contributed by atoms with Crippen molar-refractivity contribution >= 4 is 17.7 Å². The van der Waals surface area contributed by atoms with Gasteiger partial charge in [0, 0.05) is 32.6 Å². The molecule has 2 aliphatic heterocycles. The molecule has 10 nitrogen and oxygen atoms in total. The first-order valence-corrected chi connectivity index (χ1v) is 11.7. The fourth-order valence-electron chi connectivity index (χ4n) is 5.26. The first kappa shape index (κ1) is 25.3. The predicted octanol–water partition coefficient (Wildman–Crippen LogP) is 1.33. The highest BCUT2D eigenvalue weighted by molar-refractivity contribution is 6.34. The van der Waals surface area contributed by atoms with Gasteiger partial charge in [0.25, 0.3) is 11.5 Å². The van der Waals surface area contributed by atoms with Gasteiger partial charge in [-0.25, -0.2) is 9.37 Å². The molecule has 3 amide bonds. The highest BCUT2D eigenvalue weighted by Gasteiger charge is 2.64. The summed E-state index contributed by atoms with van der Waals surface area (Å²) in [6.45, 7) is 6.28. The van der Waals surface area contributed by atoms with Gasteiger partial charge < -0.3 is 20.6 Å². The number of halogens is 1. The molecule has 0 saturated heterocycles. The molecule has 192 valence electrons. The summed E-state index contributed by atoms with van der Waals surface area (Å²) in [4.78, 5) is 56.8. The van der Waals surface area contributed by atoms with Crippen LogP contribution in [0.3, 0.4) is 0 Å². The van der Waals surface area contributed by atoms with E-state index in [2.05, 4.69) is 15.6 Å². The molecule has 1 aliphatic carbocycles. The Bertz CT molecular complexity index is 1300. The minimum absolute atomic E-state index is 0.0168. The van der Waals surface area contributed by atoms with E-state index in [1.54, 1.807) is 0 Å². The van der Waals surface area contributed by atoms with E-state index in [9.17, 15) is 28.7 Å². The molecule has 3 aliphatic rings. The third-order valence-electron chi connectivity index (χ3n) is 8.09. The molecule has 0 unspecified atom stereocenters. The summed E-state index contributed by atoms with van der Waals surface area (Å²) in [5.41, 5.74) is -1.58.